The van der Waals surface area contributed by atoms with Gasteiger partial charge >= 0.3 is 0 Å². The molecule has 0 atom stereocenters. The summed E-state index contributed by atoms with van der Waals surface area (Å²) in [6, 6.07) is 0. The summed E-state index contributed by atoms with van der Waals surface area (Å²) < 4.78 is 0. The van der Waals surface area contributed by atoms with Crippen molar-refractivity contribution in [1.82, 2.24) is 0 Å². The fourth-order valence-electron chi connectivity index (χ4n) is 1.34. The lowest BCUT2D eigenvalue weighted by Gasteiger charge is -2.15. The fourth-order valence-corrected chi connectivity index (χ4v) is 1.34. The zero-order valence-corrected chi connectivity index (χ0v) is 14.4. The van der Waals surface area contributed by atoms with E-state index in [-0.39, 0.29) is 0 Å². The molecule has 1 saturated carbocycles. The Bertz CT molecular complexity index is 172. The Morgan fingerprint density at radius 1 is 0.833 bits per heavy atom. The van der Waals surface area contributed by atoms with Crippen LogP contribution in [0.15, 0.2) is 36.5 Å². The van der Waals surface area contributed by atoms with Crippen LogP contribution < -0.4 is 0 Å². The van der Waals surface area contributed by atoms with Gasteiger partial charge in [0.05, 0.1) is 0 Å². The van der Waals surface area contributed by atoms with Gasteiger partial charge in [-0.1, -0.05) is 65.8 Å². The molecule has 1 rings (SSSR count). The zero-order chi connectivity index (χ0) is 15.4. The van der Waals surface area contributed by atoms with Crippen molar-refractivity contribution in [2.45, 2.75) is 81.1 Å². The molecule has 0 N–H and O–H groups in total. The molecule has 0 nitrogen and oxygen atoms in total. The van der Waals surface area contributed by atoms with Crippen LogP contribution in [0.2, 0.25) is 0 Å². The molecule has 1 aliphatic carbocycles. The van der Waals surface area contributed by atoms with Crippen LogP contribution in [-0.4, -0.2) is 0 Å². The van der Waals surface area contributed by atoms with Gasteiger partial charge in [-0.3, -0.25) is 0 Å². The maximum Gasteiger partial charge on any atom is -0.0280 e. The lowest BCUT2D eigenvalue weighted by Crippen LogP contribution is -1.95. The summed E-state index contributed by atoms with van der Waals surface area (Å²) >= 11 is 0. The first-order valence-electron chi connectivity index (χ1n) is 7.66. The topological polar surface area (TPSA) is 0 Å². The van der Waals surface area contributed by atoms with E-state index in [1.165, 1.54) is 36.8 Å². The van der Waals surface area contributed by atoms with Gasteiger partial charge in [-0.25, -0.2) is 0 Å². The normalized spacial score (nSPS) is 14.2. The Kier molecular flexibility index (Phi) is 43.0. The van der Waals surface area contributed by atoms with Crippen molar-refractivity contribution in [2.24, 2.45) is 0 Å². The maximum atomic E-state index is 4.00. The summed E-state index contributed by atoms with van der Waals surface area (Å²) in [5.41, 5.74) is 2.85. The summed E-state index contributed by atoms with van der Waals surface area (Å²) in [6.45, 7) is 23.4. The third-order valence-electron chi connectivity index (χ3n) is 1.98. The van der Waals surface area contributed by atoms with Gasteiger partial charge in [0.2, 0.25) is 0 Å². The molecule has 1 aliphatic rings. The van der Waals surface area contributed by atoms with E-state index >= 15 is 0 Å². The minimum Gasteiger partial charge on any atom is -0.103 e. The zero-order valence-electron chi connectivity index (χ0n) is 14.4. The molecule has 0 heteroatoms. The molecule has 0 bridgehead atoms. The van der Waals surface area contributed by atoms with E-state index < -0.39 is 0 Å². The number of hydrogen-bond acceptors (Lipinski definition) is 0. The van der Waals surface area contributed by atoms with Crippen LogP contribution in [0.1, 0.15) is 81.1 Å². The molecular weight excluding hydrogens is 216 g/mol. The minimum absolute atomic E-state index is 1.22. The Hall–Kier alpha value is -0.780. The van der Waals surface area contributed by atoms with E-state index in [0.717, 1.165) is 0 Å². The summed E-state index contributed by atoms with van der Waals surface area (Å²) in [7, 11) is 0. The molecule has 0 radical (unpaired) electrons. The molecule has 0 heterocycles. The molecule has 0 unspecified atom stereocenters. The summed E-state index contributed by atoms with van der Waals surface area (Å²) in [4.78, 5) is 0. The SMILES string of the molecule is C=C1CCCC/C1=C/C.C=CC.CC.CC.CC. The van der Waals surface area contributed by atoms with Crippen molar-refractivity contribution in [2.75, 3.05) is 0 Å². The van der Waals surface area contributed by atoms with Crippen LogP contribution in [0, 0.1) is 0 Å². The first kappa shape index (κ1) is 25.9. The van der Waals surface area contributed by atoms with Crippen molar-refractivity contribution in [3.05, 3.63) is 36.5 Å². The lowest BCUT2D eigenvalue weighted by atomic mass is 9.91. The van der Waals surface area contributed by atoms with Crippen LogP contribution in [-0.2, 0) is 0 Å². The van der Waals surface area contributed by atoms with Crippen molar-refractivity contribution >= 4 is 0 Å². The summed E-state index contributed by atoms with van der Waals surface area (Å²) in [6.07, 6.45) is 9.13. The Labute approximate surface area is 118 Å². The molecule has 1 fully saturated rings. The monoisotopic (exact) mass is 254 g/mol. The van der Waals surface area contributed by atoms with Gasteiger partial charge in [0.1, 0.15) is 0 Å². The minimum atomic E-state index is 1.22. The molecule has 0 aliphatic heterocycles. The second-order valence-electron chi connectivity index (χ2n) is 3.03. The molecule has 0 saturated heterocycles. The highest BCUT2D eigenvalue weighted by molar-refractivity contribution is 5.29. The van der Waals surface area contributed by atoms with Gasteiger partial charge in [0.25, 0.3) is 0 Å². The maximum absolute atomic E-state index is 4.00. The smallest absolute Gasteiger partial charge is 0.0280 e. The standard InChI is InChI=1S/C9H14.C3H6.3C2H6/c1-3-9-7-5-4-6-8(9)2;1-3-2;3*1-2/h3H,2,4-7H2,1H3;3H,1H2,2H3;3*1-2H3/b9-3-;;;;. The molecule has 0 aromatic heterocycles. The quantitative estimate of drug-likeness (QED) is 0.397. The fraction of sp³-hybridized carbons (Fsp3) is 0.667. The third kappa shape index (κ3) is 20.6. The highest BCUT2D eigenvalue weighted by Crippen LogP contribution is 2.26. The van der Waals surface area contributed by atoms with E-state index in [1.54, 1.807) is 6.08 Å². The predicted molar refractivity (Wildman–Crippen MR) is 91.3 cm³/mol. The Morgan fingerprint density at radius 2 is 1.17 bits per heavy atom. The lowest BCUT2D eigenvalue weighted by molar-refractivity contribution is 0.680. The molecule has 18 heavy (non-hydrogen) atoms. The van der Waals surface area contributed by atoms with Crippen LogP contribution >= 0.6 is 0 Å². The second kappa shape index (κ2) is 29.8. The van der Waals surface area contributed by atoms with Crippen LogP contribution in [0.25, 0.3) is 0 Å². The average Bonchev–Trinajstić information content (AvgIpc) is 2.47. The average molecular weight is 255 g/mol. The first-order chi connectivity index (χ1) is 8.76. The highest BCUT2D eigenvalue weighted by Gasteiger charge is 2.06. The third-order valence-corrected chi connectivity index (χ3v) is 1.98. The van der Waals surface area contributed by atoms with Gasteiger partial charge in [0, 0.05) is 0 Å². The van der Waals surface area contributed by atoms with Gasteiger partial charge in [0.15, 0.2) is 0 Å². The predicted octanol–water partition coefficient (Wildman–Crippen LogP) is 7.33. The van der Waals surface area contributed by atoms with Gasteiger partial charge in [-0.2, -0.15) is 0 Å². The molecule has 110 valence electrons. The molecule has 0 aromatic carbocycles. The van der Waals surface area contributed by atoms with Crippen molar-refractivity contribution in [3.63, 3.8) is 0 Å². The van der Waals surface area contributed by atoms with Crippen LogP contribution in [0.5, 0.6) is 0 Å². The van der Waals surface area contributed by atoms with E-state index in [1.807, 2.05) is 48.5 Å². The van der Waals surface area contributed by atoms with E-state index in [9.17, 15) is 0 Å². The van der Waals surface area contributed by atoms with E-state index in [2.05, 4.69) is 26.2 Å². The van der Waals surface area contributed by atoms with Crippen molar-refractivity contribution < 1.29 is 0 Å². The van der Waals surface area contributed by atoms with Gasteiger partial charge in [-0.05, 0) is 45.1 Å². The van der Waals surface area contributed by atoms with Crippen LogP contribution in [0.3, 0.4) is 0 Å². The Morgan fingerprint density at radius 3 is 1.39 bits per heavy atom. The van der Waals surface area contributed by atoms with E-state index in [4.69, 9.17) is 0 Å². The number of rotatable bonds is 0. The van der Waals surface area contributed by atoms with Crippen LogP contribution in [0.4, 0.5) is 0 Å². The first-order valence-corrected chi connectivity index (χ1v) is 7.66. The molecule has 0 spiro atoms. The van der Waals surface area contributed by atoms with Crippen molar-refractivity contribution in [1.29, 1.82) is 0 Å². The second-order valence-corrected chi connectivity index (χ2v) is 3.03. The van der Waals surface area contributed by atoms with E-state index in [0.29, 0.717) is 0 Å². The largest absolute Gasteiger partial charge is 0.103 e. The molecule has 0 aromatic rings. The number of hydrogen-bond donors (Lipinski definition) is 0. The van der Waals surface area contributed by atoms with Gasteiger partial charge in [-0.15, -0.1) is 6.58 Å². The highest BCUT2D eigenvalue weighted by atomic mass is 14.1. The molecule has 0 amide bonds. The van der Waals surface area contributed by atoms with Gasteiger partial charge < -0.3 is 0 Å². The summed E-state index contributed by atoms with van der Waals surface area (Å²) in [5.74, 6) is 0. The number of allylic oxidation sites excluding steroid dienone is 4. The van der Waals surface area contributed by atoms with Crippen molar-refractivity contribution in [3.8, 4) is 0 Å². The molecular formula is C18H38. The Balaban J connectivity index is -0.0000000925. The summed E-state index contributed by atoms with van der Waals surface area (Å²) in [5, 5.41) is 0.